The number of carbonyl (C=O) groups excluding carboxylic acids is 1. The van der Waals surface area contributed by atoms with E-state index >= 15 is 0 Å². The maximum atomic E-state index is 13.7. The molecule has 1 aromatic heterocycles. The minimum Gasteiger partial charge on any atom is -0.365 e. The van der Waals surface area contributed by atoms with Crippen LogP contribution in [0.15, 0.2) is 24.4 Å². The second-order valence-electron chi connectivity index (χ2n) is 7.57. The fourth-order valence-electron chi connectivity index (χ4n) is 4.07. The van der Waals surface area contributed by atoms with Crippen molar-refractivity contribution >= 4 is 5.91 Å². The third-order valence-electron chi connectivity index (χ3n) is 5.32. The summed E-state index contributed by atoms with van der Waals surface area (Å²) in [4.78, 5) is 11.6. The first-order valence-electron chi connectivity index (χ1n) is 9.31. The highest BCUT2D eigenvalue weighted by Crippen LogP contribution is 2.46. The zero-order valence-electron chi connectivity index (χ0n) is 15.4. The Bertz CT molecular complexity index is 843. The number of benzene rings is 1. The number of nitrogens with one attached hydrogen (secondary N) is 1. The van der Waals surface area contributed by atoms with Crippen LogP contribution in [-0.4, -0.2) is 21.7 Å². The van der Waals surface area contributed by atoms with Crippen molar-refractivity contribution in [1.82, 2.24) is 15.1 Å². The number of nitrogens with zero attached hydrogens (tertiary/aromatic N) is 2. The molecule has 2 aliphatic rings. The molecule has 1 saturated heterocycles. The summed E-state index contributed by atoms with van der Waals surface area (Å²) in [6.07, 6.45) is 4.38. The summed E-state index contributed by atoms with van der Waals surface area (Å²) in [5.41, 5.74) is 2.62. The standard InChI is InChI=1S/C20H23F2N3O2/c1-11(26)24-16-8-18(13-5-14(21)7-15(22)6-13)27-19(9-16)17-10-23-25(2)20(17)12-3-4-12/h5-7,10,12,16,18-19H,3-4,8-9H2,1-2H3,(H,24,26)/t16-,18-,19+/m1/s1. The van der Waals surface area contributed by atoms with Gasteiger partial charge >= 0.3 is 0 Å². The van der Waals surface area contributed by atoms with Gasteiger partial charge in [-0.2, -0.15) is 5.10 Å². The van der Waals surface area contributed by atoms with Gasteiger partial charge in [0.2, 0.25) is 5.91 Å². The Morgan fingerprint density at radius 3 is 2.48 bits per heavy atom. The summed E-state index contributed by atoms with van der Waals surface area (Å²) >= 11 is 0. The van der Waals surface area contributed by atoms with Gasteiger partial charge in [0.15, 0.2) is 0 Å². The maximum Gasteiger partial charge on any atom is 0.217 e. The first-order valence-corrected chi connectivity index (χ1v) is 9.31. The van der Waals surface area contributed by atoms with E-state index in [0.29, 0.717) is 24.3 Å². The molecule has 4 rings (SSSR count). The highest BCUT2D eigenvalue weighted by Gasteiger charge is 2.37. The number of aryl methyl sites for hydroxylation is 1. The van der Waals surface area contributed by atoms with Crippen LogP contribution in [0.3, 0.4) is 0 Å². The van der Waals surface area contributed by atoms with Crippen molar-refractivity contribution in [3.63, 3.8) is 0 Å². The van der Waals surface area contributed by atoms with Gasteiger partial charge in [-0.25, -0.2) is 8.78 Å². The summed E-state index contributed by atoms with van der Waals surface area (Å²) in [6.45, 7) is 1.47. The first kappa shape index (κ1) is 18.1. The number of amides is 1. The average Bonchev–Trinajstić information content (AvgIpc) is 3.35. The van der Waals surface area contributed by atoms with Gasteiger partial charge in [-0.15, -0.1) is 0 Å². The molecule has 144 valence electrons. The maximum absolute atomic E-state index is 13.7. The van der Waals surface area contributed by atoms with Crippen LogP contribution in [-0.2, 0) is 16.6 Å². The molecule has 1 aromatic carbocycles. The molecule has 3 atom stereocenters. The van der Waals surface area contributed by atoms with Crippen molar-refractivity contribution in [1.29, 1.82) is 0 Å². The number of carbonyl (C=O) groups is 1. The number of aromatic nitrogens is 2. The van der Waals surface area contributed by atoms with Crippen molar-refractivity contribution in [2.24, 2.45) is 7.05 Å². The fraction of sp³-hybridized carbons (Fsp3) is 0.500. The van der Waals surface area contributed by atoms with Crippen LogP contribution in [0.4, 0.5) is 8.78 Å². The number of ether oxygens (including phenoxy) is 1. The molecule has 1 amide bonds. The third-order valence-corrected chi connectivity index (χ3v) is 5.32. The predicted molar refractivity (Wildman–Crippen MR) is 94.9 cm³/mol. The van der Waals surface area contributed by atoms with Crippen LogP contribution in [0.5, 0.6) is 0 Å². The average molecular weight is 375 g/mol. The van der Waals surface area contributed by atoms with Gasteiger partial charge in [0.05, 0.1) is 18.4 Å². The molecule has 0 unspecified atom stereocenters. The van der Waals surface area contributed by atoms with Crippen molar-refractivity contribution in [2.75, 3.05) is 0 Å². The molecule has 0 bridgehead atoms. The highest BCUT2D eigenvalue weighted by atomic mass is 19.1. The zero-order valence-corrected chi connectivity index (χ0v) is 15.4. The van der Waals surface area contributed by atoms with E-state index < -0.39 is 17.7 Å². The summed E-state index contributed by atoms with van der Waals surface area (Å²) < 4.78 is 35.6. The number of halogens is 2. The van der Waals surface area contributed by atoms with E-state index in [2.05, 4.69) is 10.4 Å². The molecular weight excluding hydrogens is 352 g/mol. The van der Waals surface area contributed by atoms with Crippen molar-refractivity contribution in [3.8, 4) is 0 Å². The summed E-state index contributed by atoms with van der Waals surface area (Å²) in [5, 5.41) is 7.34. The second kappa shape index (κ2) is 7.03. The molecule has 0 radical (unpaired) electrons. The molecule has 1 aliphatic carbocycles. The van der Waals surface area contributed by atoms with Crippen LogP contribution < -0.4 is 5.32 Å². The monoisotopic (exact) mass is 375 g/mol. The largest absolute Gasteiger partial charge is 0.365 e. The van der Waals surface area contributed by atoms with Gasteiger partial charge in [-0.1, -0.05) is 0 Å². The molecule has 1 aliphatic heterocycles. The van der Waals surface area contributed by atoms with Crippen molar-refractivity contribution in [2.45, 2.75) is 56.8 Å². The molecule has 2 aromatic rings. The zero-order chi connectivity index (χ0) is 19.1. The smallest absolute Gasteiger partial charge is 0.217 e. The third kappa shape index (κ3) is 3.88. The fourth-order valence-corrected chi connectivity index (χ4v) is 4.07. The summed E-state index contributed by atoms with van der Waals surface area (Å²) in [6, 6.07) is 3.31. The Morgan fingerprint density at radius 2 is 1.85 bits per heavy atom. The minimum atomic E-state index is -0.633. The summed E-state index contributed by atoms with van der Waals surface area (Å²) in [5.74, 6) is -0.903. The molecule has 1 saturated carbocycles. The quantitative estimate of drug-likeness (QED) is 0.887. The number of hydrogen-bond donors (Lipinski definition) is 1. The lowest BCUT2D eigenvalue weighted by Crippen LogP contribution is -2.39. The lowest BCUT2D eigenvalue weighted by Gasteiger charge is -2.36. The highest BCUT2D eigenvalue weighted by molar-refractivity contribution is 5.73. The van der Waals surface area contributed by atoms with Gasteiger partial charge in [0, 0.05) is 43.3 Å². The van der Waals surface area contributed by atoms with Gasteiger partial charge in [-0.3, -0.25) is 9.48 Å². The Balaban J connectivity index is 1.66. The van der Waals surface area contributed by atoms with Gasteiger partial charge < -0.3 is 10.1 Å². The predicted octanol–water partition coefficient (Wildman–Crippen LogP) is 3.67. The van der Waals surface area contributed by atoms with E-state index in [1.165, 1.54) is 19.1 Å². The van der Waals surface area contributed by atoms with E-state index in [4.69, 9.17) is 4.74 Å². The first-order chi connectivity index (χ1) is 12.9. The molecule has 27 heavy (non-hydrogen) atoms. The van der Waals surface area contributed by atoms with E-state index in [-0.39, 0.29) is 18.1 Å². The van der Waals surface area contributed by atoms with Crippen LogP contribution >= 0.6 is 0 Å². The van der Waals surface area contributed by atoms with Crippen LogP contribution in [0.1, 0.15) is 67.6 Å². The molecule has 2 fully saturated rings. The van der Waals surface area contributed by atoms with Crippen molar-refractivity contribution < 1.29 is 18.3 Å². The second-order valence-corrected chi connectivity index (χ2v) is 7.57. The molecular formula is C20H23F2N3O2. The van der Waals surface area contributed by atoms with E-state index in [0.717, 1.165) is 30.2 Å². The normalized spacial score (nSPS) is 25.4. The topological polar surface area (TPSA) is 56.2 Å². The van der Waals surface area contributed by atoms with Crippen LogP contribution in [0.2, 0.25) is 0 Å². The van der Waals surface area contributed by atoms with E-state index in [9.17, 15) is 13.6 Å². The number of rotatable bonds is 4. The van der Waals surface area contributed by atoms with E-state index in [1.54, 1.807) is 0 Å². The van der Waals surface area contributed by atoms with Gasteiger partial charge in [-0.05, 0) is 43.4 Å². The Morgan fingerprint density at radius 1 is 1.19 bits per heavy atom. The Kier molecular flexibility index (Phi) is 4.72. The molecule has 2 heterocycles. The van der Waals surface area contributed by atoms with Crippen LogP contribution in [0.25, 0.3) is 0 Å². The lowest BCUT2D eigenvalue weighted by molar-refractivity contribution is -0.122. The molecule has 0 spiro atoms. The molecule has 1 N–H and O–H groups in total. The summed E-state index contributed by atoms with van der Waals surface area (Å²) in [7, 11) is 1.92. The van der Waals surface area contributed by atoms with E-state index in [1.807, 2.05) is 17.9 Å². The molecule has 7 heteroatoms. The SMILES string of the molecule is CC(=O)N[C@H]1C[C@@H](c2cnn(C)c2C2CC2)O[C@@H](c2cc(F)cc(F)c2)C1. The Hall–Kier alpha value is -2.28. The number of hydrogen-bond acceptors (Lipinski definition) is 3. The lowest BCUT2D eigenvalue weighted by atomic mass is 9.90. The van der Waals surface area contributed by atoms with Crippen molar-refractivity contribution in [3.05, 3.63) is 52.9 Å². The van der Waals surface area contributed by atoms with Gasteiger partial charge in [0.1, 0.15) is 11.6 Å². The molecule has 5 nitrogen and oxygen atoms in total. The van der Waals surface area contributed by atoms with Crippen LogP contribution in [0, 0.1) is 11.6 Å². The minimum absolute atomic E-state index is 0.126. The Labute approximate surface area is 156 Å². The van der Waals surface area contributed by atoms with Gasteiger partial charge in [0.25, 0.3) is 0 Å².